The largest absolute Gasteiger partial charge is 0.464 e. The molecule has 1 aliphatic carbocycles. The summed E-state index contributed by atoms with van der Waals surface area (Å²) in [5, 5.41) is 10.2. The van der Waals surface area contributed by atoms with Crippen molar-refractivity contribution >= 4 is 17.7 Å². The Morgan fingerprint density at radius 2 is 2.33 bits per heavy atom. The van der Waals surface area contributed by atoms with Gasteiger partial charge in [-0.15, -0.1) is 11.8 Å². The first-order chi connectivity index (χ1) is 8.61. The minimum absolute atomic E-state index is 0.188. The van der Waals surface area contributed by atoms with Crippen molar-refractivity contribution in [3.05, 3.63) is 29.6 Å². The van der Waals surface area contributed by atoms with Gasteiger partial charge >= 0.3 is 5.97 Å². The van der Waals surface area contributed by atoms with E-state index in [-0.39, 0.29) is 12.2 Å². The van der Waals surface area contributed by atoms with Gasteiger partial charge in [-0.05, 0) is 37.5 Å². The number of aliphatic hydroxyl groups is 1. The van der Waals surface area contributed by atoms with Crippen molar-refractivity contribution < 1.29 is 19.0 Å². The van der Waals surface area contributed by atoms with Gasteiger partial charge in [0.05, 0.1) is 6.61 Å². The standard InChI is InChI=1S/C13H15FO3S/c1-2-17-13(16)12(15)8-3-6-11(10(14)7-8)18-9-4-5-9/h3,6-7,9,12,15H,2,4-5H2,1H3. The quantitative estimate of drug-likeness (QED) is 0.836. The van der Waals surface area contributed by atoms with Crippen LogP contribution in [0.25, 0.3) is 0 Å². The van der Waals surface area contributed by atoms with Gasteiger partial charge in [-0.1, -0.05) is 6.07 Å². The number of benzene rings is 1. The summed E-state index contributed by atoms with van der Waals surface area (Å²) in [5.74, 6) is -1.15. The van der Waals surface area contributed by atoms with Crippen molar-refractivity contribution in [2.75, 3.05) is 6.61 Å². The third-order valence-corrected chi connectivity index (χ3v) is 3.99. The number of ether oxygens (including phenoxy) is 1. The van der Waals surface area contributed by atoms with Gasteiger partial charge in [0.2, 0.25) is 0 Å². The maximum absolute atomic E-state index is 13.8. The molecule has 0 radical (unpaired) electrons. The van der Waals surface area contributed by atoms with Gasteiger partial charge < -0.3 is 9.84 Å². The first-order valence-corrected chi connectivity index (χ1v) is 6.80. The molecule has 18 heavy (non-hydrogen) atoms. The lowest BCUT2D eigenvalue weighted by Gasteiger charge is -2.11. The first-order valence-electron chi connectivity index (χ1n) is 5.92. The fraction of sp³-hybridized carbons (Fsp3) is 0.462. The number of esters is 1. The number of thioether (sulfide) groups is 1. The molecular formula is C13H15FO3S. The summed E-state index contributed by atoms with van der Waals surface area (Å²) in [4.78, 5) is 11.9. The van der Waals surface area contributed by atoms with Crippen molar-refractivity contribution in [3.63, 3.8) is 0 Å². The molecule has 1 aliphatic rings. The van der Waals surface area contributed by atoms with E-state index in [0.717, 1.165) is 12.8 Å². The van der Waals surface area contributed by atoms with Crippen molar-refractivity contribution in [2.45, 2.75) is 36.0 Å². The minimum Gasteiger partial charge on any atom is -0.464 e. The van der Waals surface area contributed by atoms with Crippen molar-refractivity contribution in [1.82, 2.24) is 0 Å². The zero-order valence-electron chi connectivity index (χ0n) is 10.1. The second kappa shape index (κ2) is 5.71. The van der Waals surface area contributed by atoms with E-state index in [1.54, 1.807) is 19.1 Å². The van der Waals surface area contributed by atoms with Gasteiger partial charge in [0.25, 0.3) is 0 Å². The van der Waals surface area contributed by atoms with Gasteiger partial charge in [-0.2, -0.15) is 0 Å². The third-order valence-electron chi connectivity index (χ3n) is 2.60. The molecule has 0 aliphatic heterocycles. The first kappa shape index (κ1) is 13.4. The van der Waals surface area contributed by atoms with Crippen LogP contribution < -0.4 is 0 Å². The van der Waals surface area contributed by atoms with Crippen LogP contribution in [0.2, 0.25) is 0 Å². The Hall–Kier alpha value is -1.07. The van der Waals surface area contributed by atoms with Crippen LogP contribution in [0.1, 0.15) is 31.4 Å². The Bertz CT molecular complexity index is 446. The van der Waals surface area contributed by atoms with Gasteiger partial charge in [0.15, 0.2) is 6.10 Å². The fourth-order valence-electron chi connectivity index (χ4n) is 1.51. The third kappa shape index (κ3) is 3.23. The summed E-state index contributed by atoms with van der Waals surface area (Å²) >= 11 is 1.50. The molecule has 5 heteroatoms. The molecule has 0 spiro atoms. The summed E-state index contributed by atoms with van der Waals surface area (Å²) in [7, 11) is 0. The molecule has 1 aromatic rings. The molecule has 3 nitrogen and oxygen atoms in total. The molecule has 1 aromatic carbocycles. The molecule has 2 rings (SSSR count). The summed E-state index contributed by atoms with van der Waals surface area (Å²) in [6, 6.07) is 4.37. The molecule has 0 heterocycles. The van der Waals surface area contributed by atoms with E-state index in [9.17, 15) is 14.3 Å². The molecule has 1 saturated carbocycles. The molecule has 0 amide bonds. The van der Waals surface area contributed by atoms with Gasteiger partial charge in [-0.3, -0.25) is 0 Å². The highest BCUT2D eigenvalue weighted by atomic mass is 32.2. The van der Waals surface area contributed by atoms with Crippen LogP contribution in [0.4, 0.5) is 4.39 Å². The molecule has 98 valence electrons. The summed E-state index contributed by atoms with van der Waals surface area (Å²) in [6.07, 6.45) is 0.827. The maximum atomic E-state index is 13.8. The van der Waals surface area contributed by atoms with Crippen LogP contribution in [0, 0.1) is 5.82 Å². The van der Waals surface area contributed by atoms with Crippen LogP contribution in [0.15, 0.2) is 23.1 Å². The van der Waals surface area contributed by atoms with Gasteiger partial charge in [-0.25, -0.2) is 9.18 Å². The van der Waals surface area contributed by atoms with E-state index >= 15 is 0 Å². The Kier molecular flexibility index (Phi) is 4.24. The van der Waals surface area contributed by atoms with Crippen LogP contribution >= 0.6 is 11.8 Å². The molecule has 1 unspecified atom stereocenters. The van der Waals surface area contributed by atoms with E-state index in [2.05, 4.69) is 4.74 Å². The zero-order chi connectivity index (χ0) is 13.1. The van der Waals surface area contributed by atoms with E-state index in [1.807, 2.05) is 0 Å². The van der Waals surface area contributed by atoms with Crippen molar-refractivity contribution in [1.29, 1.82) is 0 Å². The number of halogens is 1. The molecule has 0 aromatic heterocycles. The normalized spacial score (nSPS) is 16.4. The molecule has 0 saturated heterocycles. The Balaban J connectivity index is 2.09. The number of carbonyl (C=O) groups is 1. The Morgan fingerprint density at radius 1 is 1.61 bits per heavy atom. The lowest BCUT2D eigenvalue weighted by Crippen LogP contribution is -2.15. The van der Waals surface area contributed by atoms with Crippen LogP contribution in [0.3, 0.4) is 0 Å². The Labute approximate surface area is 109 Å². The second-order valence-electron chi connectivity index (χ2n) is 4.16. The average molecular weight is 270 g/mol. The van der Waals surface area contributed by atoms with E-state index in [4.69, 9.17) is 0 Å². The number of aliphatic hydroxyl groups excluding tert-OH is 1. The topological polar surface area (TPSA) is 46.5 Å². The highest BCUT2D eigenvalue weighted by molar-refractivity contribution is 8.00. The lowest BCUT2D eigenvalue weighted by molar-refractivity contribution is -0.153. The molecule has 1 atom stereocenters. The van der Waals surface area contributed by atoms with Crippen molar-refractivity contribution in [3.8, 4) is 0 Å². The van der Waals surface area contributed by atoms with Crippen LogP contribution in [0.5, 0.6) is 0 Å². The number of hydrogen-bond acceptors (Lipinski definition) is 4. The second-order valence-corrected chi connectivity index (χ2v) is 5.50. The smallest absolute Gasteiger partial charge is 0.339 e. The molecular weight excluding hydrogens is 255 g/mol. The highest BCUT2D eigenvalue weighted by Crippen LogP contribution is 2.40. The Morgan fingerprint density at radius 3 is 2.89 bits per heavy atom. The van der Waals surface area contributed by atoms with E-state index < -0.39 is 17.9 Å². The highest BCUT2D eigenvalue weighted by Gasteiger charge is 2.25. The van der Waals surface area contributed by atoms with E-state index in [1.165, 1.54) is 17.8 Å². The average Bonchev–Trinajstić information content (AvgIpc) is 3.15. The fourth-order valence-corrected chi connectivity index (χ4v) is 2.55. The van der Waals surface area contributed by atoms with Gasteiger partial charge in [0, 0.05) is 10.1 Å². The number of carbonyl (C=O) groups excluding carboxylic acids is 1. The predicted octanol–water partition coefficient (Wildman–Crippen LogP) is 2.68. The molecule has 1 N–H and O–H groups in total. The monoisotopic (exact) mass is 270 g/mol. The molecule has 1 fully saturated rings. The van der Waals surface area contributed by atoms with Crippen LogP contribution in [-0.4, -0.2) is 22.9 Å². The summed E-state index contributed by atoms with van der Waals surface area (Å²) < 4.78 is 18.4. The molecule has 0 bridgehead atoms. The SMILES string of the molecule is CCOC(=O)C(O)c1ccc(SC2CC2)c(F)c1. The minimum atomic E-state index is -1.42. The maximum Gasteiger partial charge on any atom is 0.339 e. The number of hydrogen-bond donors (Lipinski definition) is 1. The van der Waals surface area contributed by atoms with Crippen LogP contribution in [-0.2, 0) is 9.53 Å². The lowest BCUT2D eigenvalue weighted by atomic mass is 10.1. The number of rotatable bonds is 5. The summed E-state index contributed by atoms with van der Waals surface area (Å²) in [6.45, 7) is 1.84. The zero-order valence-corrected chi connectivity index (χ0v) is 10.9. The van der Waals surface area contributed by atoms with Crippen molar-refractivity contribution in [2.24, 2.45) is 0 Å². The van der Waals surface area contributed by atoms with Gasteiger partial charge in [0.1, 0.15) is 5.82 Å². The predicted molar refractivity (Wildman–Crippen MR) is 66.9 cm³/mol. The van der Waals surface area contributed by atoms with E-state index in [0.29, 0.717) is 10.1 Å². The summed E-state index contributed by atoms with van der Waals surface area (Å²) in [5.41, 5.74) is 0.228.